The van der Waals surface area contributed by atoms with Crippen molar-refractivity contribution >= 4 is 41.1 Å². The van der Waals surface area contributed by atoms with Gasteiger partial charge in [0.25, 0.3) is 5.91 Å². The normalized spacial score (nSPS) is 22.8. The highest BCUT2D eigenvalue weighted by atomic mass is 35.5. The van der Waals surface area contributed by atoms with E-state index in [-0.39, 0.29) is 22.7 Å². The molecule has 0 aliphatic carbocycles. The van der Waals surface area contributed by atoms with Crippen LogP contribution in [-0.2, 0) is 14.4 Å². The highest BCUT2D eigenvalue weighted by Gasteiger charge is 2.48. The zero-order valence-corrected chi connectivity index (χ0v) is 18.0. The largest absolute Gasteiger partial charge is 0.424 e. The molecule has 1 aromatic carbocycles. The summed E-state index contributed by atoms with van der Waals surface area (Å²) >= 11 is 6.35. The molecule has 1 aromatic rings. The Morgan fingerprint density at radius 2 is 1.69 bits per heavy atom. The molecule has 0 saturated carbocycles. The zero-order valence-electron chi connectivity index (χ0n) is 17.3. The standard InChI is InChI=1S/C20H22ClN3O8/c1-22-14-12(18(27)23-4-7-24-5-2-3-6-24)15-13(21)16-17(14)31-11(26)9-20(29,19(28)32-16)8-10(25)30-15/h22,29H,2-9H2,1H3,(H,23,27). The highest BCUT2D eigenvalue weighted by molar-refractivity contribution is 6.35. The Labute approximate surface area is 187 Å². The smallest absolute Gasteiger partial charge is 0.344 e. The molecule has 0 radical (unpaired) electrons. The number of hydrogen-bond acceptors (Lipinski definition) is 10. The van der Waals surface area contributed by atoms with Gasteiger partial charge in [-0.2, -0.15) is 0 Å². The van der Waals surface area contributed by atoms with E-state index in [1.54, 1.807) is 0 Å². The van der Waals surface area contributed by atoms with Crippen molar-refractivity contribution in [2.45, 2.75) is 31.3 Å². The summed E-state index contributed by atoms with van der Waals surface area (Å²) in [4.78, 5) is 52.8. The van der Waals surface area contributed by atoms with Crippen LogP contribution in [0.1, 0.15) is 36.0 Å². The second kappa shape index (κ2) is 8.57. The summed E-state index contributed by atoms with van der Waals surface area (Å²) < 4.78 is 15.8. The SMILES string of the molecule is CNc1c2c3c(Cl)c(c1C(=O)NCCN1CCCC1)OC(=O)CC(O)(CC(=O)O2)C(=O)O3. The predicted molar refractivity (Wildman–Crippen MR) is 110 cm³/mol. The Hall–Kier alpha value is -2.89. The number of ether oxygens (including phenoxy) is 3. The quantitative estimate of drug-likeness (QED) is 0.412. The summed E-state index contributed by atoms with van der Waals surface area (Å²) in [7, 11) is 1.44. The third-order valence-electron chi connectivity index (χ3n) is 5.58. The number of hydrogen-bond donors (Lipinski definition) is 3. The summed E-state index contributed by atoms with van der Waals surface area (Å²) in [5, 5.41) is 15.7. The highest BCUT2D eigenvalue weighted by Crippen LogP contribution is 2.52. The fourth-order valence-electron chi connectivity index (χ4n) is 3.99. The molecular formula is C20H22ClN3O8. The molecule has 3 N–H and O–H groups in total. The van der Waals surface area contributed by atoms with E-state index < -0.39 is 53.0 Å². The maximum atomic E-state index is 13.1. The first-order valence-electron chi connectivity index (χ1n) is 10.2. The van der Waals surface area contributed by atoms with Gasteiger partial charge >= 0.3 is 17.9 Å². The minimum Gasteiger partial charge on any atom is -0.424 e. The lowest BCUT2D eigenvalue weighted by Gasteiger charge is -2.26. The minimum atomic E-state index is -2.50. The van der Waals surface area contributed by atoms with Gasteiger partial charge in [0, 0.05) is 20.1 Å². The number of esters is 3. The van der Waals surface area contributed by atoms with Crippen molar-refractivity contribution in [3.8, 4) is 17.2 Å². The van der Waals surface area contributed by atoms with E-state index in [0.717, 1.165) is 25.9 Å². The monoisotopic (exact) mass is 467 g/mol. The zero-order chi connectivity index (χ0) is 23.0. The van der Waals surface area contributed by atoms with Crippen molar-refractivity contribution < 1.29 is 38.5 Å². The maximum Gasteiger partial charge on any atom is 0.344 e. The summed E-state index contributed by atoms with van der Waals surface area (Å²) in [5.41, 5.74) is -2.75. The number of rotatable bonds is 5. The van der Waals surface area contributed by atoms with Gasteiger partial charge in [-0.3, -0.25) is 14.4 Å². The van der Waals surface area contributed by atoms with Crippen molar-refractivity contribution in [1.29, 1.82) is 0 Å². The second-order valence-electron chi connectivity index (χ2n) is 7.83. The van der Waals surface area contributed by atoms with E-state index in [9.17, 15) is 24.3 Å². The van der Waals surface area contributed by atoms with Crippen LogP contribution >= 0.6 is 11.6 Å². The number of halogens is 1. The van der Waals surface area contributed by atoms with Gasteiger partial charge in [0.05, 0.1) is 18.5 Å². The number of nitrogens with one attached hydrogen (secondary N) is 2. The Kier molecular flexibility index (Phi) is 5.97. The fraction of sp³-hybridized carbons (Fsp3) is 0.500. The van der Waals surface area contributed by atoms with Crippen molar-refractivity contribution in [2.75, 3.05) is 38.5 Å². The van der Waals surface area contributed by atoms with Crippen LogP contribution in [0, 0.1) is 0 Å². The number of carbonyl (C=O) groups excluding carboxylic acids is 4. The van der Waals surface area contributed by atoms with Gasteiger partial charge in [0.1, 0.15) is 10.6 Å². The minimum absolute atomic E-state index is 0.0561. The van der Waals surface area contributed by atoms with E-state index in [2.05, 4.69) is 15.5 Å². The van der Waals surface area contributed by atoms with Gasteiger partial charge in [0.15, 0.2) is 22.8 Å². The molecule has 0 aromatic heterocycles. The Morgan fingerprint density at radius 3 is 2.31 bits per heavy atom. The molecule has 12 heteroatoms. The summed E-state index contributed by atoms with van der Waals surface area (Å²) in [6.45, 7) is 2.86. The van der Waals surface area contributed by atoms with Crippen LogP contribution in [0.25, 0.3) is 0 Å². The van der Waals surface area contributed by atoms with E-state index >= 15 is 0 Å². The third kappa shape index (κ3) is 3.98. The fourth-order valence-corrected chi connectivity index (χ4v) is 4.24. The van der Waals surface area contributed by atoms with Gasteiger partial charge in [-0.1, -0.05) is 11.6 Å². The Bertz CT molecular complexity index is 1010. The molecule has 3 aliphatic rings. The van der Waals surface area contributed by atoms with Crippen molar-refractivity contribution in [2.24, 2.45) is 0 Å². The van der Waals surface area contributed by atoms with Crippen LogP contribution in [0.4, 0.5) is 5.69 Å². The molecule has 1 saturated heterocycles. The molecule has 3 aliphatic heterocycles. The average Bonchev–Trinajstić information content (AvgIpc) is 3.23. The van der Waals surface area contributed by atoms with E-state index in [4.69, 9.17) is 25.8 Å². The van der Waals surface area contributed by atoms with Crippen LogP contribution in [0.5, 0.6) is 17.2 Å². The van der Waals surface area contributed by atoms with Crippen LogP contribution < -0.4 is 24.8 Å². The number of amides is 1. The van der Waals surface area contributed by atoms with E-state index in [1.165, 1.54) is 7.05 Å². The van der Waals surface area contributed by atoms with Crippen LogP contribution in [-0.4, -0.2) is 72.6 Å². The lowest BCUT2D eigenvalue weighted by atomic mass is 9.95. The van der Waals surface area contributed by atoms with Crippen molar-refractivity contribution in [3.05, 3.63) is 10.6 Å². The van der Waals surface area contributed by atoms with Crippen LogP contribution in [0.2, 0.25) is 5.02 Å². The first-order chi connectivity index (χ1) is 15.2. The Balaban J connectivity index is 1.78. The first kappa shape index (κ1) is 22.3. The average molecular weight is 468 g/mol. The Morgan fingerprint density at radius 1 is 1.06 bits per heavy atom. The van der Waals surface area contributed by atoms with Gasteiger partial charge in [-0.15, -0.1) is 0 Å². The first-order valence-corrected chi connectivity index (χ1v) is 10.5. The number of aliphatic hydroxyl groups is 1. The number of nitrogens with zero attached hydrogens (tertiary/aromatic N) is 1. The molecule has 3 bridgehead atoms. The van der Waals surface area contributed by atoms with E-state index in [0.29, 0.717) is 13.1 Å². The number of carbonyl (C=O) groups is 4. The molecule has 1 unspecified atom stereocenters. The molecule has 1 fully saturated rings. The second-order valence-corrected chi connectivity index (χ2v) is 8.21. The van der Waals surface area contributed by atoms with Gasteiger partial charge in [0.2, 0.25) is 0 Å². The third-order valence-corrected chi connectivity index (χ3v) is 5.92. The maximum absolute atomic E-state index is 13.1. The molecule has 11 nitrogen and oxygen atoms in total. The number of likely N-dealkylation sites (tertiary alicyclic amines) is 1. The van der Waals surface area contributed by atoms with Gasteiger partial charge in [-0.25, -0.2) is 4.79 Å². The number of fused-ring (bicyclic) bond motifs is 3. The molecule has 0 spiro atoms. The molecule has 3 heterocycles. The number of anilines is 1. The van der Waals surface area contributed by atoms with Gasteiger partial charge < -0.3 is 34.9 Å². The van der Waals surface area contributed by atoms with Gasteiger partial charge in [-0.05, 0) is 25.9 Å². The molecule has 4 rings (SSSR count). The van der Waals surface area contributed by atoms with E-state index in [1.807, 2.05) is 0 Å². The molecular weight excluding hydrogens is 446 g/mol. The predicted octanol–water partition coefficient (Wildman–Crippen LogP) is 0.462. The topological polar surface area (TPSA) is 144 Å². The summed E-state index contributed by atoms with van der Waals surface area (Å²) in [6, 6.07) is 0. The molecule has 172 valence electrons. The van der Waals surface area contributed by atoms with Crippen LogP contribution in [0.3, 0.4) is 0 Å². The van der Waals surface area contributed by atoms with Crippen LogP contribution in [0.15, 0.2) is 0 Å². The molecule has 1 atom stereocenters. The number of benzene rings is 1. The van der Waals surface area contributed by atoms with Crippen molar-refractivity contribution in [1.82, 2.24) is 10.2 Å². The lowest BCUT2D eigenvalue weighted by Crippen LogP contribution is -2.47. The summed E-state index contributed by atoms with van der Waals surface area (Å²) in [5.74, 6) is -5.10. The molecule has 32 heavy (non-hydrogen) atoms. The molecule has 1 amide bonds. The lowest BCUT2D eigenvalue weighted by molar-refractivity contribution is -0.168. The van der Waals surface area contributed by atoms with Crippen molar-refractivity contribution in [3.63, 3.8) is 0 Å². The summed E-state index contributed by atoms with van der Waals surface area (Å²) in [6.07, 6.45) is 0.471.